The maximum absolute atomic E-state index is 14.0. The molecule has 1 heterocycles. The second kappa shape index (κ2) is 10.2. The van der Waals surface area contributed by atoms with Crippen LogP contribution in [0.1, 0.15) is 47.2 Å². The number of ether oxygens (including phenoxy) is 1. The van der Waals surface area contributed by atoms with E-state index in [1.54, 1.807) is 20.8 Å². The minimum atomic E-state index is -4.13. The van der Waals surface area contributed by atoms with Crippen LogP contribution in [0, 0.1) is 12.7 Å². The van der Waals surface area contributed by atoms with Gasteiger partial charge in [-0.2, -0.15) is 5.10 Å². The number of sulfonamides is 1. The number of carbonyl (C=O) groups excluding carboxylic acids is 1. The number of amides is 1. The highest BCUT2D eigenvalue weighted by molar-refractivity contribution is 7.89. The van der Waals surface area contributed by atoms with E-state index in [9.17, 15) is 27.5 Å². The molecule has 1 amide bonds. The van der Waals surface area contributed by atoms with Gasteiger partial charge >= 0.3 is 5.97 Å². The number of aromatic nitrogens is 2. The molecule has 1 aromatic heterocycles. The van der Waals surface area contributed by atoms with E-state index in [0.29, 0.717) is 0 Å². The van der Waals surface area contributed by atoms with Crippen LogP contribution in [-0.4, -0.2) is 41.2 Å². The van der Waals surface area contributed by atoms with Crippen molar-refractivity contribution in [3.63, 3.8) is 0 Å². The fraction of sp³-hybridized carbons (Fsp3) is 0.261. The molecule has 0 bridgehead atoms. The molecule has 10 nitrogen and oxygen atoms in total. The van der Waals surface area contributed by atoms with Gasteiger partial charge in [0.1, 0.15) is 16.5 Å². The van der Waals surface area contributed by atoms with Crippen LogP contribution in [0.5, 0.6) is 11.6 Å². The lowest BCUT2D eigenvalue weighted by molar-refractivity contribution is 0.0688. The minimum absolute atomic E-state index is 0.0639. The van der Waals surface area contributed by atoms with Crippen LogP contribution in [0.25, 0.3) is 0 Å². The van der Waals surface area contributed by atoms with Crippen molar-refractivity contribution in [2.75, 3.05) is 5.32 Å². The first kappa shape index (κ1) is 25.8. The van der Waals surface area contributed by atoms with Crippen molar-refractivity contribution in [1.82, 2.24) is 14.5 Å². The average Bonchev–Trinajstić information content (AvgIpc) is 3.09. The lowest BCUT2D eigenvalue weighted by Crippen LogP contribution is -2.30. The molecule has 0 aliphatic rings. The molecule has 0 aliphatic carbocycles. The van der Waals surface area contributed by atoms with E-state index >= 15 is 0 Å². The molecular formula is C23H25FN4O6S. The highest BCUT2D eigenvalue weighted by atomic mass is 32.2. The number of hydrogen-bond donors (Lipinski definition) is 3. The Balaban J connectivity index is 2.07. The number of nitrogens with zero attached hydrogens (tertiary/aromatic N) is 2. The van der Waals surface area contributed by atoms with Gasteiger partial charge in [-0.25, -0.2) is 27.0 Å². The summed E-state index contributed by atoms with van der Waals surface area (Å²) in [7, 11) is -4.13. The Hall–Kier alpha value is -3.77. The van der Waals surface area contributed by atoms with Gasteiger partial charge in [0.25, 0.3) is 5.91 Å². The van der Waals surface area contributed by atoms with E-state index in [1.807, 2.05) is 0 Å². The first-order valence-corrected chi connectivity index (χ1v) is 12.1. The third-order valence-electron chi connectivity index (χ3n) is 4.84. The number of aryl methyl sites for hydroxylation is 1. The fourth-order valence-electron chi connectivity index (χ4n) is 3.28. The van der Waals surface area contributed by atoms with Crippen LogP contribution in [0.15, 0.2) is 47.4 Å². The number of aromatic carboxylic acids is 1. The smallest absolute Gasteiger partial charge is 0.356 e. The lowest BCUT2D eigenvalue weighted by atomic mass is 10.2. The Bertz CT molecular complexity index is 1380. The Morgan fingerprint density at radius 2 is 1.89 bits per heavy atom. The molecule has 0 atom stereocenters. The van der Waals surface area contributed by atoms with Gasteiger partial charge in [-0.1, -0.05) is 12.1 Å². The topological polar surface area (TPSA) is 140 Å². The van der Waals surface area contributed by atoms with Crippen LogP contribution in [0.2, 0.25) is 0 Å². The number of halogens is 1. The molecule has 0 radical (unpaired) electrons. The van der Waals surface area contributed by atoms with Crippen molar-refractivity contribution < 1.29 is 32.2 Å². The number of hydrogen-bond acceptors (Lipinski definition) is 6. The van der Waals surface area contributed by atoms with Crippen molar-refractivity contribution in [3.8, 4) is 11.6 Å². The molecule has 3 aromatic rings. The number of carboxylic acid groups (broad SMARTS) is 1. The molecule has 12 heteroatoms. The molecule has 2 aromatic carbocycles. The van der Waals surface area contributed by atoms with Crippen LogP contribution in [0.4, 0.5) is 10.1 Å². The molecular weight excluding hydrogens is 479 g/mol. The summed E-state index contributed by atoms with van der Waals surface area (Å²) in [5, 5.41) is 15.9. The zero-order valence-corrected chi connectivity index (χ0v) is 20.3. The van der Waals surface area contributed by atoms with Gasteiger partial charge < -0.3 is 15.2 Å². The highest BCUT2D eigenvalue weighted by Gasteiger charge is 2.26. The second-order valence-corrected chi connectivity index (χ2v) is 9.56. The summed E-state index contributed by atoms with van der Waals surface area (Å²) in [5.74, 6) is -2.79. The quantitative estimate of drug-likeness (QED) is 0.403. The summed E-state index contributed by atoms with van der Waals surface area (Å²) in [5.41, 5.74) is -0.125. The van der Waals surface area contributed by atoms with Gasteiger partial charge in [0.05, 0.1) is 5.56 Å². The van der Waals surface area contributed by atoms with Crippen LogP contribution in [-0.2, 0) is 16.6 Å². The second-order valence-electron chi connectivity index (χ2n) is 7.87. The molecule has 0 fully saturated rings. The third-order valence-corrected chi connectivity index (χ3v) is 6.52. The number of rotatable bonds is 9. The number of anilines is 1. The highest BCUT2D eigenvalue weighted by Crippen LogP contribution is 2.34. The van der Waals surface area contributed by atoms with Crippen molar-refractivity contribution >= 4 is 27.6 Å². The maximum atomic E-state index is 14.0. The minimum Gasteiger partial charge on any atom is -0.476 e. The predicted molar refractivity (Wildman–Crippen MR) is 126 cm³/mol. The molecule has 0 aliphatic heterocycles. The van der Waals surface area contributed by atoms with Gasteiger partial charge in [0.2, 0.25) is 15.9 Å². The largest absolute Gasteiger partial charge is 0.476 e. The molecule has 0 saturated carbocycles. The van der Waals surface area contributed by atoms with Gasteiger partial charge in [0.15, 0.2) is 5.69 Å². The summed E-state index contributed by atoms with van der Waals surface area (Å²) in [6, 6.07) is 8.82. The summed E-state index contributed by atoms with van der Waals surface area (Å²) < 4.78 is 49.8. The van der Waals surface area contributed by atoms with Gasteiger partial charge in [0, 0.05) is 23.8 Å². The molecule has 0 unspecified atom stereocenters. The summed E-state index contributed by atoms with van der Waals surface area (Å²) in [4.78, 5) is 23.7. The summed E-state index contributed by atoms with van der Waals surface area (Å²) in [6.45, 7) is 6.77. The summed E-state index contributed by atoms with van der Waals surface area (Å²) >= 11 is 0. The average molecular weight is 505 g/mol. The van der Waals surface area contributed by atoms with Crippen molar-refractivity contribution in [3.05, 3.63) is 65.1 Å². The molecule has 35 heavy (non-hydrogen) atoms. The van der Waals surface area contributed by atoms with E-state index < -0.39 is 33.8 Å². The van der Waals surface area contributed by atoms with E-state index in [2.05, 4.69) is 15.1 Å². The van der Waals surface area contributed by atoms with E-state index in [0.717, 1.165) is 6.07 Å². The van der Waals surface area contributed by atoms with E-state index in [4.69, 9.17) is 4.74 Å². The molecule has 0 saturated heterocycles. The van der Waals surface area contributed by atoms with Gasteiger partial charge in [-0.3, -0.25) is 4.79 Å². The molecule has 3 rings (SSSR count). The Morgan fingerprint density at radius 1 is 1.20 bits per heavy atom. The van der Waals surface area contributed by atoms with Gasteiger partial charge in [-0.15, -0.1) is 0 Å². The maximum Gasteiger partial charge on any atom is 0.356 e. The normalized spacial score (nSPS) is 11.5. The Kier molecular flexibility index (Phi) is 7.56. The van der Waals surface area contributed by atoms with Gasteiger partial charge in [-0.05, 0) is 58.0 Å². The molecule has 0 spiro atoms. The van der Waals surface area contributed by atoms with Crippen LogP contribution >= 0.6 is 0 Å². The van der Waals surface area contributed by atoms with E-state index in [1.165, 1.54) is 48.0 Å². The Morgan fingerprint density at radius 3 is 2.49 bits per heavy atom. The zero-order chi connectivity index (χ0) is 25.9. The summed E-state index contributed by atoms with van der Waals surface area (Å²) in [6.07, 6.45) is 0. The number of nitrogens with one attached hydrogen (secondary N) is 2. The van der Waals surface area contributed by atoms with Crippen molar-refractivity contribution in [1.29, 1.82) is 0 Å². The van der Waals surface area contributed by atoms with Crippen LogP contribution < -0.4 is 14.8 Å². The fourth-order valence-corrected chi connectivity index (χ4v) is 4.69. The Labute approximate surface area is 201 Å². The monoisotopic (exact) mass is 504 g/mol. The SMILES string of the molecule is CCn1nc(C(=O)O)c(C)c1Oc1ccc(NC(=O)c2ccccc2F)cc1S(=O)(=O)NC(C)C. The first-order chi connectivity index (χ1) is 16.4. The number of carboxylic acids is 1. The number of carbonyl (C=O) groups is 2. The van der Waals surface area contributed by atoms with Crippen molar-refractivity contribution in [2.24, 2.45) is 0 Å². The lowest BCUT2D eigenvalue weighted by Gasteiger charge is -2.16. The standard InChI is InChI=1S/C23H25FN4O6S/c1-5-28-22(14(4)20(26-28)23(30)31)34-18-11-10-15(12-19(18)35(32,33)27-13(2)3)25-21(29)16-8-6-7-9-17(16)24/h6-13,27H,5H2,1-4H3,(H,25,29)(H,30,31). The van der Waals surface area contributed by atoms with Crippen molar-refractivity contribution in [2.45, 2.75) is 45.2 Å². The van der Waals surface area contributed by atoms with E-state index in [-0.39, 0.29) is 45.6 Å². The number of benzene rings is 2. The molecule has 186 valence electrons. The zero-order valence-electron chi connectivity index (χ0n) is 19.5. The predicted octanol–water partition coefficient (Wildman–Crippen LogP) is 3.78. The third kappa shape index (κ3) is 5.66. The van der Waals surface area contributed by atoms with Crippen LogP contribution in [0.3, 0.4) is 0 Å². The molecule has 3 N–H and O–H groups in total. The first-order valence-electron chi connectivity index (χ1n) is 10.6.